The van der Waals surface area contributed by atoms with Gasteiger partial charge in [-0.2, -0.15) is 5.10 Å². The molecular formula is C20H16Cl2N4O. The minimum absolute atomic E-state index is 0.448. The van der Waals surface area contributed by atoms with Gasteiger partial charge in [0.2, 0.25) is 5.88 Å². The lowest BCUT2D eigenvalue weighted by Crippen LogP contribution is -1.98. The summed E-state index contributed by atoms with van der Waals surface area (Å²) in [5, 5.41) is 6.05. The van der Waals surface area contributed by atoms with Crippen molar-refractivity contribution in [2.24, 2.45) is 0 Å². The smallest absolute Gasteiger partial charge is 0.233 e. The molecule has 0 spiro atoms. The lowest BCUT2D eigenvalue weighted by molar-refractivity contribution is 0.468. The molecule has 0 unspecified atom stereocenters. The first-order valence-corrected chi connectivity index (χ1v) is 9.20. The molecule has 0 bridgehead atoms. The van der Waals surface area contributed by atoms with Gasteiger partial charge in [-0.25, -0.2) is 14.6 Å². The Balaban J connectivity index is 1.71. The maximum atomic E-state index is 6.12. The first kappa shape index (κ1) is 17.8. The van der Waals surface area contributed by atoms with Gasteiger partial charge in [0, 0.05) is 0 Å². The van der Waals surface area contributed by atoms with E-state index in [9.17, 15) is 0 Å². The fraction of sp³-hybridized carbons (Fsp3) is 0.150. The second-order valence-electron chi connectivity index (χ2n) is 6.40. The van der Waals surface area contributed by atoms with Crippen molar-refractivity contribution in [1.29, 1.82) is 0 Å². The fourth-order valence-corrected chi connectivity index (χ4v) is 3.03. The molecule has 0 aliphatic carbocycles. The van der Waals surface area contributed by atoms with Crippen molar-refractivity contribution < 1.29 is 4.74 Å². The maximum Gasteiger partial charge on any atom is 0.233 e. The van der Waals surface area contributed by atoms with Gasteiger partial charge in [-0.15, -0.1) is 0 Å². The van der Waals surface area contributed by atoms with Gasteiger partial charge in [-0.05, 0) is 41.8 Å². The van der Waals surface area contributed by atoms with E-state index < -0.39 is 0 Å². The van der Waals surface area contributed by atoms with Crippen molar-refractivity contribution in [2.75, 3.05) is 0 Å². The Morgan fingerprint density at radius 2 is 1.74 bits per heavy atom. The third kappa shape index (κ3) is 3.48. The Hall–Kier alpha value is -2.63. The highest BCUT2D eigenvalue weighted by atomic mass is 35.5. The zero-order valence-corrected chi connectivity index (χ0v) is 16.2. The van der Waals surface area contributed by atoms with Gasteiger partial charge in [0.25, 0.3) is 0 Å². The van der Waals surface area contributed by atoms with E-state index in [0.717, 1.165) is 5.69 Å². The first-order valence-electron chi connectivity index (χ1n) is 8.45. The predicted molar refractivity (Wildman–Crippen MR) is 107 cm³/mol. The Kier molecular flexibility index (Phi) is 4.72. The third-order valence-electron chi connectivity index (χ3n) is 4.24. The maximum absolute atomic E-state index is 6.12. The highest BCUT2D eigenvalue weighted by Gasteiger charge is 2.14. The van der Waals surface area contributed by atoms with Crippen LogP contribution in [0.2, 0.25) is 10.0 Å². The summed E-state index contributed by atoms with van der Waals surface area (Å²) in [5.41, 5.74) is 2.63. The van der Waals surface area contributed by atoms with Crippen molar-refractivity contribution in [3.05, 3.63) is 70.6 Å². The number of benzene rings is 2. The van der Waals surface area contributed by atoms with E-state index in [2.05, 4.69) is 41.0 Å². The second kappa shape index (κ2) is 7.18. The Morgan fingerprint density at radius 3 is 2.44 bits per heavy atom. The number of fused-ring (bicyclic) bond motifs is 1. The summed E-state index contributed by atoms with van der Waals surface area (Å²) in [6.07, 6.45) is 3.13. The van der Waals surface area contributed by atoms with Crippen LogP contribution in [-0.2, 0) is 0 Å². The molecule has 4 aromatic rings. The minimum atomic E-state index is 0.448. The van der Waals surface area contributed by atoms with E-state index >= 15 is 0 Å². The zero-order valence-electron chi connectivity index (χ0n) is 14.7. The van der Waals surface area contributed by atoms with Crippen LogP contribution in [0.1, 0.15) is 25.3 Å². The average molecular weight is 399 g/mol. The van der Waals surface area contributed by atoms with Crippen molar-refractivity contribution >= 4 is 34.2 Å². The van der Waals surface area contributed by atoms with Crippen LogP contribution in [0, 0.1) is 0 Å². The van der Waals surface area contributed by atoms with E-state index in [-0.39, 0.29) is 0 Å². The van der Waals surface area contributed by atoms with Crippen LogP contribution in [0.5, 0.6) is 11.6 Å². The summed E-state index contributed by atoms with van der Waals surface area (Å²) >= 11 is 12.1. The molecule has 2 heterocycles. The Bertz CT molecular complexity index is 1110. The molecule has 7 heteroatoms. The quantitative estimate of drug-likeness (QED) is 0.420. The van der Waals surface area contributed by atoms with E-state index in [4.69, 9.17) is 27.9 Å². The van der Waals surface area contributed by atoms with Gasteiger partial charge in [0.05, 0.1) is 21.9 Å². The highest BCUT2D eigenvalue weighted by molar-refractivity contribution is 6.42. The summed E-state index contributed by atoms with van der Waals surface area (Å²) < 4.78 is 7.64. The molecule has 0 saturated carbocycles. The lowest BCUT2D eigenvalue weighted by atomic mass is 10.0. The molecular weight excluding hydrogens is 383 g/mol. The van der Waals surface area contributed by atoms with Crippen LogP contribution in [0.15, 0.2) is 55.0 Å². The summed E-state index contributed by atoms with van der Waals surface area (Å²) in [6, 6.07) is 13.3. The number of nitrogens with zero attached hydrogens (tertiary/aromatic N) is 4. The molecule has 0 fully saturated rings. The largest absolute Gasteiger partial charge is 0.438 e. The molecule has 5 nitrogen and oxygen atoms in total. The molecule has 0 radical (unpaired) electrons. The van der Waals surface area contributed by atoms with Crippen molar-refractivity contribution in [3.63, 3.8) is 0 Å². The topological polar surface area (TPSA) is 52.8 Å². The summed E-state index contributed by atoms with van der Waals surface area (Å²) in [4.78, 5) is 8.61. The summed E-state index contributed by atoms with van der Waals surface area (Å²) in [5.74, 6) is 1.62. The Morgan fingerprint density at radius 1 is 0.963 bits per heavy atom. The van der Waals surface area contributed by atoms with Gasteiger partial charge in [0.15, 0.2) is 5.65 Å². The van der Waals surface area contributed by atoms with Gasteiger partial charge >= 0.3 is 0 Å². The monoisotopic (exact) mass is 398 g/mol. The standard InChI is InChI=1S/C20H16Cl2N4O/c1-12(2)13-3-6-15(7-4-13)27-20-16-10-25-26(19(16)23-11-24-20)14-5-8-17(21)18(22)9-14/h3-12H,1-2H3. The van der Waals surface area contributed by atoms with Crippen LogP contribution in [0.25, 0.3) is 16.7 Å². The van der Waals surface area contributed by atoms with Gasteiger partial charge in [0.1, 0.15) is 17.5 Å². The van der Waals surface area contributed by atoms with Crippen LogP contribution >= 0.6 is 23.2 Å². The van der Waals surface area contributed by atoms with Gasteiger partial charge < -0.3 is 4.74 Å². The fourth-order valence-electron chi connectivity index (χ4n) is 2.74. The predicted octanol–water partition coefficient (Wildman–Crippen LogP) is 6.04. The molecule has 0 saturated heterocycles. The zero-order chi connectivity index (χ0) is 19.0. The number of rotatable bonds is 4. The molecule has 2 aromatic heterocycles. The molecule has 0 aliphatic heterocycles. The molecule has 0 aliphatic rings. The summed E-state index contributed by atoms with van der Waals surface area (Å²) in [6.45, 7) is 4.31. The molecule has 0 atom stereocenters. The molecule has 0 N–H and O–H groups in total. The number of halogens is 2. The number of aromatic nitrogens is 4. The molecule has 2 aromatic carbocycles. The van der Waals surface area contributed by atoms with Crippen LogP contribution in [0.4, 0.5) is 0 Å². The van der Waals surface area contributed by atoms with Crippen LogP contribution < -0.4 is 4.74 Å². The Labute approximate surface area is 166 Å². The SMILES string of the molecule is CC(C)c1ccc(Oc2ncnc3c2cnn3-c2ccc(Cl)c(Cl)c2)cc1. The number of ether oxygens (including phenoxy) is 1. The number of hydrogen-bond acceptors (Lipinski definition) is 4. The second-order valence-corrected chi connectivity index (χ2v) is 7.21. The third-order valence-corrected chi connectivity index (χ3v) is 4.98. The normalized spacial score (nSPS) is 11.3. The first-order chi connectivity index (χ1) is 13.0. The molecule has 4 rings (SSSR count). The molecule has 27 heavy (non-hydrogen) atoms. The van der Waals surface area contributed by atoms with Crippen molar-refractivity contribution in [1.82, 2.24) is 19.7 Å². The summed E-state index contributed by atoms with van der Waals surface area (Å²) in [7, 11) is 0. The average Bonchev–Trinajstić information content (AvgIpc) is 3.10. The van der Waals surface area contributed by atoms with Crippen LogP contribution in [0.3, 0.4) is 0 Å². The van der Waals surface area contributed by atoms with Crippen molar-refractivity contribution in [2.45, 2.75) is 19.8 Å². The van der Waals surface area contributed by atoms with Gasteiger partial charge in [-0.1, -0.05) is 49.2 Å². The van der Waals surface area contributed by atoms with Crippen LogP contribution in [-0.4, -0.2) is 19.7 Å². The molecule has 136 valence electrons. The van der Waals surface area contributed by atoms with E-state index in [0.29, 0.717) is 38.6 Å². The van der Waals surface area contributed by atoms with E-state index in [1.807, 2.05) is 18.2 Å². The lowest BCUT2D eigenvalue weighted by Gasteiger charge is -2.09. The molecule has 0 amide bonds. The number of hydrogen-bond donors (Lipinski definition) is 0. The van der Waals surface area contributed by atoms with E-state index in [1.54, 1.807) is 23.0 Å². The highest BCUT2D eigenvalue weighted by Crippen LogP contribution is 2.30. The van der Waals surface area contributed by atoms with Crippen molar-refractivity contribution in [3.8, 4) is 17.3 Å². The minimum Gasteiger partial charge on any atom is -0.438 e. The van der Waals surface area contributed by atoms with Gasteiger partial charge in [-0.3, -0.25) is 0 Å². The van der Waals surface area contributed by atoms with E-state index in [1.165, 1.54) is 11.9 Å².